The number of hydrogen-bond donors (Lipinski definition) is 1. The lowest BCUT2D eigenvalue weighted by atomic mass is 10.3. The van der Waals surface area contributed by atoms with E-state index in [1.165, 1.54) is 13.2 Å². The Kier molecular flexibility index (Phi) is 2.42. The van der Waals surface area contributed by atoms with Gasteiger partial charge >= 0.3 is 0 Å². The Balaban J connectivity index is 3.12. The second-order valence-electron chi connectivity index (χ2n) is 2.11. The number of rotatable bonds is 2. The maximum atomic E-state index is 12.0. The van der Waals surface area contributed by atoms with E-state index in [0.717, 1.165) is 6.07 Å². The molecule has 1 aromatic heterocycles. The molecule has 0 atom stereocenters. The van der Waals surface area contributed by atoms with E-state index in [0.29, 0.717) is 0 Å². The van der Waals surface area contributed by atoms with Crippen LogP contribution in [0.3, 0.4) is 0 Å². The van der Waals surface area contributed by atoms with Crippen molar-refractivity contribution in [2.45, 2.75) is 6.43 Å². The van der Waals surface area contributed by atoms with E-state index in [1.807, 2.05) is 0 Å². The van der Waals surface area contributed by atoms with E-state index in [9.17, 15) is 13.6 Å². The highest BCUT2D eigenvalue weighted by Gasteiger charge is 2.11. The molecule has 0 saturated heterocycles. The molecule has 0 amide bonds. The van der Waals surface area contributed by atoms with Crippen molar-refractivity contribution >= 4 is 0 Å². The molecule has 1 N–H and O–H groups in total. The minimum atomic E-state index is -2.75. The third-order valence-electron chi connectivity index (χ3n) is 1.37. The van der Waals surface area contributed by atoms with Crippen LogP contribution >= 0.6 is 0 Å². The maximum absolute atomic E-state index is 12.0. The van der Waals surface area contributed by atoms with Gasteiger partial charge in [0, 0.05) is 0 Å². The monoisotopic (exact) mass is 175 g/mol. The first-order valence-corrected chi connectivity index (χ1v) is 3.20. The summed E-state index contributed by atoms with van der Waals surface area (Å²) >= 11 is 0. The first kappa shape index (κ1) is 8.70. The largest absolute Gasteiger partial charge is 0.482 e. The van der Waals surface area contributed by atoms with Gasteiger partial charge in [0.05, 0.1) is 12.7 Å². The normalized spacial score (nSPS) is 10.3. The summed E-state index contributed by atoms with van der Waals surface area (Å²) in [5.41, 5.74) is -1.36. The van der Waals surface area contributed by atoms with Crippen LogP contribution in [0.4, 0.5) is 8.78 Å². The summed E-state index contributed by atoms with van der Waals surface area (Å²) in [6.07, 6.45) is -2.75. The topological polar surface area (TPSA) is 42.1 Å². The second kappa shape index (κ2) is 3.34. The Morgan fingerprint density at radius 2 is 2.17 bits per heavy atom. The minimum absolute atomic E-state index is 0.171. The summed E-state index contributed by atoms with van der Waals surface area (Å²) in [6, 6.07) is 2.32. The Hall–Kier alpha value is -1.39. The van der Waals surface area contributed by atoms with Crippen molar-refractivity contribution in [3.05, 3.63) is 28.0 Å². The third kappa shape index (κ3) is 1.61. The van der Waals surface area contributed by atoms with Gasteiger partial charge < -0.3 is 4.74 Å². The summed E-state index contributed by atoms with van der Waals surface area (Å²) < 4.78 is 28.6. The van der Waals surface area contributed by atoms with Gasteiger partial charge in [0.15, 0.2) is 5.88 Å². The van der Waals surface area contributed by atoms with Gasteiger partial charge in [0.2, 0.25) is 0 Å². The van der Waals surface area contributed by atoms with Crippen molar-refractivity contribution < 1.29 is 13.5 Å². The Labute approximate surface area is 67.0 Å². The second-order valence-corrected chi connectivity index (χ2v) is 2.11. The lowest BCUT2D eigenvalue weighted by molar-refractivity contribution is 0.149. The fourth-order valence-corrected chi connectivity index (χ4v) is 0.758. The number of H-pyrrole nitrogens is 1. The van der Waals surface area contributed by atoms with Crippen LogP contribution in [-0.2, 0) is 0 Å². The fraction of sp³-hybridized carbons (Fsp3) is 0.286. The van der Waals surface area contributed by atoms with Gasteiger partial charge in [-0.1, -0.05) is 0 Å². The molecule has 5 heteroatoms. The Bertz CT molecular complexity index is 321. The zero-order valence-corrected chi connectivity index (χ0v) is 6.30. The zero-order valence-electron chi connectivity index (χ0n) is 6.30. The molecule has 0 aromatic carbocycles. The lowest BCUT2D eigenvalue weighted by Gasteiger charge is -2.00. The minimum Gasteiger partial charge on any atom is -0.482 e. The molecule has 1 heterocycles. The van der Waals surface area contributed by atoms with Gasteiger partial charge in [-0.2, -0.15) is 0 Å². The standard InChI is InChI=1S/C7H7F2NO2/c1-12-5-3-2-4(6(8)9)7(11)10-5/h2-3,6H,1H3,(H,10,11). The van der Waals surface area contributed by atoms with Gasteiger partial charge in [-0.05, 0) is 12.1 Å². The molecule has 0 aliphatic rings. The average Bonchev–Trinajstić information content (AvgIpc) is 2.03. The molecule has 1 rings (SSSR count). The molecule has 0 unspecified atom stereocenters. The number of aromatic nitrogens is 1. The molecule has 0 aliphatic heterocycles. The highest BCUT2D eigenvalue weighted by molar-refractivity contribution is 5.18. The highest BCUT2D eigenvalue weighted by atomic mass is 19.3. The van der Waals surface area contributed by atoms with Gasteiger partial charge in [-0.15, -0.1) is 0 Å². The molecular formula is C7H7F2NO2. The van der Waals surface area contributed by atoms with Crippen molar-refractivity contribution in [2.24, 2.45) is 0 Å². The summed E-state index contributed by atoms with van der Waals surface area (Å²) in [5, 5.41) is 0. The fourth-order valence-electron chi connectivity index (χ4n) is 0.758. The van der Waals surface area contributed by atoms with Crippen LogP contribution in [0.2, 0.25) is 0 Å². The van der Waals surface area contributed by atoms with Crippen LogP contribution in [0.1, 0.15) is 12.0 Å². The number of hydrogen-bond acceptors (Lipinski definition) is 2. The zero-order chi connectivity index (χ0) is 9.14. The van der Waals surface area contributed by atoms with E-state index >= 15 is 0 Å². The summed E-state index contributed by atoms with van der Waals surface area (Å²) in [7, 11) is 1.34. The number of aromatic amines is 1. The molecule has 0 saturated carbocycles. The van der Waals surface area contributed by atoms with Gasteiger partial charge in [0.25, 0.3) is 12.0 Å². The van der Waals surface area contributed by atoms with Gasteiger partial charge in [-0.25, -0.2) is 8.78 Å². The maximum Gasteiger partial charge on any atom is 0.269 e. The van der Waals surface area contributed by atoms with Crippen LogP contribution < -0.4 is 10.3 Å². The van der Waals surface area contributed by atoms with Crippen LogP contribution in [0.5, 0.6) is 5.88 Å². The van der Waals surface area contributed by atoms with E-state index in [1.54, 1.807) is 0 Å². The van der Waals surface area contributed by atoms with Crippen LogP contribution in [0.15, 0.2) is 16.9 Å². The van der Waals surface area contributed by atoms with E-state index in [-0.39, 0.29) is 5.88 Å². The highest BCUT2D eigenvalue weighted by Crippen LogP contribution is 2.15. The number of methoxy groups -OCH3 is 1. The SMILES string of the molecule is COc1ccc(C(F)F)c(=O)[nH]1. The van der Waals surface area contributed by atoms with Gasteiger partial charge in [-0.3, -0.25) is 9.78 Å². The predicted molar refractivity (Wildman–Crippen MR) is 38.6 cm³/mol. The summed E-state index contributed by atoms with van der Waals surface area (Å²) in [5.74, 6) is 0.171. The first-order valence-electron chi connectivity index (χ1n) is 3.20. The van der Waals surface area contributed by atoms with Crippen LogP contribution in [0, 0.1) is 0 Å². The number of ether oxygens (including phenoxy) is 1. The molecule has 0 fully saturated rings. The smallest absolute Gasteiger partial charge is 0.269 e. The molecule has 0 spiro atoms. The molecule has 12 heavy (non-hydrogen) atoms. The van der Waals surface area contributed by atoms with Crippen molar-refractivity contribution in [1.82, 2.24) is 4.98 Å². The Morgan fingerprint density at radius 1 is 1.50 bits per heavy atom. The first-order chi connectivity index (χ1) is 5.65. The molecule has 3 nitrogen and oxygen atoms in total. The van der Waals surface area contributed by atoms with E-state index in [2.05, 4.69) is 9.72 Å². The summed E-state index contributed by atoms with van der Waals surface area (Å²) in [4.78, 5) is 13.0. The summed E-state index contributed by atoms with van der Waals surface area (Å²) in [6.45, 7) is 0. The van der Waals surface area contributed by atoms with Crippen molar-refractivity contribution in [3.63, 3.8) is 0 Å². The molecule has 66 valence electrons. The number of pyridine rings is 1. The van der Waals surface area contributed by atoms with Crippen LogP contribution in [0.25, 0.3) is 0 Å². The lowest BCUT2D eigenvalue weighted by Crippen LogP contribution is -2.12. The molecule has 0 radical (unpaired) electrons. The number of nitrogens with one attached hydrogen (secondary N) is 1. The molecular weight excluding hydrogens is 168 g/mol. The predicted octanol–water partition coefficient (Wildman–Crippen LogP) is 1.32. The van der Waals surface area contributed by atoms with Crippen molar-refractivity contribution in [3.8, 4) is 5.88 Å². The number of halogens is 2. The van der Waals surface area contributed by atoms with E-state index in [4.69, 9.17) is 0 Å². The molecule has 0 aliphatic carbocycles. The van der Waals surface area contributed by atoms with Gasteiger partial charge in [0.1, 0.15) is 0 Å². The Morgan fingerprint density at radius 3 is 2.58 bits per heavy atom. The van der Waals surface area contributed by atoms with Crippen molar-refractivity contribution in [2.75, 3.05) is 7.11 Å². The average molecular weight is 175 g/mol. The molecule has 1 aromatic rings. The quantitative estimate of drug-likeness (QED) is 0.736. The third-order valence-corrected chi connectivity index (χ3v) is 1.37. The molecule has 0 bridgehead atoms. The van der Waals surface area contributed by atoms with E-state index < -0.39 is 17.5 Å². The number of alkyl halides is 2. The van der Waals surface area contributed by atoms with Crippen molar-refractivity contribution in [1.29, 1.82) is 0 Å². The van der Waals surface area contributed by atoms with Crippen LogP contribution in [-0.4, -0.2) is 12.1 Å².